The van der Waals surface area contributed by atoms with Gasteiger partial charge in [-0.2, -0.15) is 0 Å². The van der Waals surface area contributed by atoms with Crippen LogP contribution in [0.5, 0.6) is 0 Å². The number of nitrogens with zero attached hydrogens (tertiary/aromatic N) is 1. The van der Waals surface area contributed by atoms with Gasteiger partial charge >= 0.3 is 0 Å². The number of hydrogen-bond acceptors (Lipinski definition) is 1. The second-order valence-electron chi connectivity index (χ2n) is 4.56. The Balaban J connectivity index is 2.28. The lowest BCUT2D eigenvalue weighted by atomic mass is 10.1. The molecular formula is C17H11BrFNO. The summed E-state index contributed by atoms with van der Waals surface area (Å²) in [5.41, 5.74) is 1.11. The third kappa shape index (κ3) is 2.67. The van der Waals surface area contributed by atoms with Gasteiger partial charge in [0, 0.05) is 21.9 Å². The van der Waals surface area contributed by atoms with Gasteiger partial charge in [0.15, 0.2) is 0 Å². The minimum Gasteiger partial charge on any atom is -0.283 e. The van der Waals surface area contributed by atoms with Gasteiger partial charge in [-0.3, -0.25) is 9.36 Å². The summed E-state index contributed by atoms with van der Waals surface area (Å²) in [6.45, 7) is 0. The molecule has 0 saturated heterocycles. The molecule has 3 rings (SSSR count). The van der Waals surface area contributed by atoms with Crippen molar-refractivity contribution in [2.45, 2.75) is 0 Å². The Kier molecular flexibility index (Phi) is 3.71. The summed E-state index contributed by atoms with van der Waals surface area (Å²) in [5, 5.41) is 0. The second kappa shape index (κ2) is 5.66. The predicted molar refractivity (Wildman–Crippen MR) is 85.1 cm³/mol. The molecule has 104 valence electrons. The summed E-state index contributed by atoms with van der Waals surface area (Å²) < 4.78 is 16.2. The Morgan fingerprint density at radius 3 is 2.29 bits per heavy atom. The number of aromatic nitrogens is 1. The van der Waals surface area contributed by atoms with Gasteiger partial charge < -0.3 is 0 Å². The van der Waals surface area contributed by atoms with E-state index in [9.17, 15) is 9.18 Å². The minimum absolute atomic E-state index is 0.255. The first-order chi connectivity index (χ1) is 10.2. The van der Waals surface area contributed by atoms with E-state index in [0.29, 0.717) is 15.6 Å². The van der Waals surface area contributed by atoms with E-state index in [4.69, 9.17) is 0 Å². The molecule has 1 heterocycles. The number of hydrogen-bond donors (Lipinski definition) is 0. The van der Waals surface area contributed by atoms with Crippen molar-refractivity contribution in [1.29, 1.82) is 0 Å². The lowest BCUT2D eigenvalue weighted by Crippen LogP contribution is -2.19. The number of para-hydroxylation sites is 1. The van der Waals surface area contributed by atoms with Crippen molar-refractivity contribution < 1.29 is 4.39 Å². The number of benzene rings is 2. The summed E-state index contributed by atoms with van der Waals surface area (Å²) in [4.78, 5) is 12.6. The van der Waals surface area contributed by atoms with Crippen LogP contribution in [0.3, 0.4) is 0 Å². The molecule has 0 aliphatic rings. The molecule has 4 heteroatoms. The van der Waals surface area contributed by atoms with Crippen LogP contribution in [0.25, 0.3) is 16.8 Å². The van der Waals surface area contributed by atoms with Gasteiger partial charge in [-0.25, -0.2) is 4.39 Å². The van der Waals surface area contributed by atoms with E-state index in [0.717, 1.165) is 5.69 Å². The van der Waals surface area contributed by atoms with Crippen LogP contribution in [0.15, 0.2) is 76.1 Å². The van der Waals surface area contributed by atoms with E-state index in [-0.39, 0.29) is 5.56 Å². The monoisotopic (exact) mass is 343 g/mol. The highest BCUT2D eigenvalue weighted by molar-refractivity contribution is 9.10. The molecule has 0 aliphatic carbocycles. The van der Waals surface area contributed by atoms with E-state index >= 15 is 0 Å². The lowest BCUT2D eigenvalue weighted by Gasteiger charge is -2.10. The zero-order valence-corrected chi connectivity index (χ0v) is 12.5. The third-order valence-electron chi connectivity index (χ3n) is 3.18. The highest BCUT2D eigenvalue weighted by atomic mass is 79.9. The van der Waals surface area contributed by atoms with Crippen LogP contribution in [0.4, 0.5) is 4.39 Å². The highest BCUT2D eigenvalue weighted by Gasteiger charge is 2.12. The first-order valence-electron chi connectivity index (χ1n) is 6.39. The molecule has 0 bridgehead atoms. The van der Waals surface area contributed by atoms with Crippen LogP contribution in [-0.4, -0.2) is 4.57 Å². The molecule has 0 saturated carbocycles. The molecule has 0 fully saturated rings. The van der Waals surface area contributed by atoms with Crippen LogP contribution in [0.1, 0.15) is 0 Å². The van der Waals surface area contributed by atoms with Crippen molar-refractivity contribution in [3.63, 3.8) is 0 Å². The fourth-order valence-corrected chi connectivity index (χ4v) is 2.64. The van der Waals surface area contributed by atoms with Gasteiger partial charge in [0.2, 0.25) is 0 Å². The fraction of sp³-hybridized carbons (Fsp3) is 0. The van der Waals surface area contributed by atoms with Crippen molar-refractivity contribution >= 4 is 15.9 Å². The van der Waals surface area contributed by atoms with Crippen LogP contribution < -0.4 is 5.56 Å². The van der Waals surface area contributed by atoms with E-state index in [1.165, 1.54) is 10.6 Å². The summed E-state index contributed by atoms with van der Waals surface area (Å²) >= 11 is 3.38. The maximum atomic E-state index is 14.0. The predicted octanol–water partition coefficient (Wildman–Crippen LogP) is 4.41. The van der Waals surface area contributed by atoms with Gasteiger partial charge in [0.1, 0.15) is 5.82 Å². The van der Waals surface area contributed by atoms with Gasteiger partial charge in [-0.05, 0) is 40.2 Å². The van der Waals surface area contributed by atoms with Gasteiger partial charge in [-0.15, -0.1) is 0 Å². The fourth-order valence-electron chi connectivity index (χ4n) is 2.20. The zero-order valence-electron chi connectivity index (χ0n) is 11.0. The maximum absolute atomic E-state index is 14.0. The third-order valence-corrected chi connectivity index (χ3v) is 3.62. The Morgan fingerprint density at radius 1 is 0.905 bits per heavy atom. The maximum Gasteiger partial charge on any atom is 0.263 e. The van der Waals surface area contributed by atoms with Crippen molar-refractivity contribution in [2.75, 3.05) is 0 Å². The van der Waals surface area contributed by atoms with Crippen LogP contribution in [0.2, 0.25) is 0 Å². The Labute approximate surface area is 129 Å². The van der Waals surface area contributed by atoms with Gasteiger partial charge in [0.05, 0.1) is 5.56 Å². The molecule has 2 aromatic carbocycles. The Bertz CT molecular complexity index is 843. The molecule has 0 atom stereocenters. The number of halogens is 2. The van der Waals surface area contributed by atoms with Crippen molar-refractivity contribution in [3.8, 4) is 16.8 Å². The van der Waals surface area contributed by atoms with Crippen molar-refractivity contribution in [1.82, 2.24) is 4.57 Å². The SMILES string of the molecule is O=c1c(-c2ccccc2F)cc(Br)cn1-c1ccccc1. The normalized spacial score (nSPS) is 10.6. The molecule has 3 aromatic rings. The molecule has 21 heavy (non-hydrogen) atoms. The number of pyridine rings is 1. The molecule has 2 nitrogen and oxygen atoms in total. The van der Waals surface area contributed by atoms with E-state index in [1.807, 2.05) is 30.3 Å². The highest BCUT2D eigenvalue weighted by Crippen LogP contribution is 2.23. The molecule has 1 aromatic heterocycles. The summed E-state index contributed by atoms with van der Waals surface area (Å²) in [7, 11) is 0. The topological polar surface area (TPSA) is 22.0 Å². The zero-order chi connectivity index (χ0) is 14.8. The Morgan fingerprint density at radius 2 is 1.57 bits per heavy atom. The van der Waals surface area contributed by atoms with Crippen LogP contribution >= 0.6 is 15.9 Å². The smallest absolute Gasteiger partial charge is 0.263 e. The molecule has 0 radical (unpaired) electrons. The molecule has 0 aliphatic heterocycles. The summed E-state index contributed by atoms with van der Waals surface area (Å²) in [6.07, 6.45) is 1.68. The van der Waals surface area contributed by atoms with Crippen molar-refractivity contribution in [2.24, 2.45) is 0 Å². The molecule has 0 unspecified atom stereocenters. The van der Waals surface area contributed by atoms with E-state index in [1.54, 1.807) is 30.5 Å². The van der Waals surface area contributed by atoms with Crippen molar-refractivity contribution in [3.05, 3.63) is 87.5 Å². The second-order valence-corrected chi connectivity index (χ2v) is 5.48. The van der Waals surface area contributed by atoms with Gasteiger partial charge in [0.25, 0.3) is 5.56 Å². The Hall–Kier alpha value is -2.20. The molecule has 0 amide bonds. The number of rotatable bonds is 2. The first kappa shape index (κ1) is 13.8. The van der Waals surface area contributed by atoms with E-state index in [2.05, 4.69) is 15.9 Å². The average molecular weight is 344 g/mol. The average Bonchev–Trinajstić information content (AvgIpc) is 2.51. The van der Waals surface area contributed by atoms with Crippen LogP contribution in [-0.2, 0) is 0 Å². The molecular weight excluding hydrogens is 333 g/mol. The standard InChI is InChI=1S/C17H11BrFNO/c18-12-10-15(14-8-4-5-9-16(14)19)17(21)20(11-12)13-6-2-1-3-7-13/h1-11H. The molecule has 0 spiro atoms. The minimum atomic E-state index is -0.410. The van der Waals surface area contributed by atoms with E-state index < -0.39 is 5.82 Å². The summed E-state index contributed by atoms with van der Waals surface area (Å²) in [6, 6.07) is 17.2. The van der Waals surface area contributed by atoms with Crippen LogP contribution in [0, 0.1) is 5.82 Å². The first-order valence-corrected chi connectivity index (χ1v) is 7.18. The largest absolute Gasteiger partial charge is 0.283 e. The lowest BCUT2D eigenvalue weighted by molar-refractivity contribution is 0.631. The quantitative estimate of drug-likeness (QED) is 0.675. The van der Waals surface area contributed by atoms with Gasteiger partial charge in [-0.1, -0.05) is 36.4 Å². The molecule has 0 N–H and O–H groups in total. The summed E-state index contributed by atoms with van der Waals surface area (Å²) in [5.74, 6) is -0.410.